The molecular weight excluding hydrogens is 276 g/mol. The Bertz CT molecular complexity index is 834. The van der Waals surface area contributed by atoms with Gasteiger partial charge >= 0.3 is 5.97 Å². The molecule has 0 heterocycles. The summed E-state index contributed by atoms with van der Waals surface area (Å²) in [6.45, 7) is 0. The molecule has 0 bridgehead atoms. The number of aromatic carboxylic acids is 1. The van der Waals surface area contributed by atoms with Gasteiger partial charge in [-0.15, -0.1) is 0 Å². The van der Waals surface area contributed by atoms with Gasteiger partial charge in [0.1, 0.15) is 11.5 Å². The molecule has 3 N–H and O–H groups in total. The van der Waals surface area contributed by atoms with Crippen LogP contribution in [-0.4, -0.2) is 32.9 Å². The maximum absolute atomic E-state index is 11.9. The average molecular weight is 286 g/mol. The quantitative estimate of drug-likeness (QED) is 0.692. The second-order valence-electron chi connectivity index (χ2n) is 4.86. The maximum atomic E-state index is 11.9. The molecule has 0 aromatic heterocycles. The standard InChI is InChI=1S/C15H10O6/c16-9-3-4-10(17)12-11(9)13(18)7-2-1-6(15(20)21)5-8(7)14(12)19/h1-2,5,18-19H,3-4H2,(H,20,21). The van der Waals surface area contributed by atoms with Crippen LogP contribution in [0.2, 0.25) is 0 Å². The molecule has 0 radical (unpaired) electrons. The van der Waals surface area contributed by atoms with Gasteiger partial charge in [0.25, 0.3) is 0 Å². The first kappa shape index (κ1) is 13.1. The second kappa shape index (κ2) is 4.31. The van der Waals surface area contributed by atoms with E-state index in [0.717, 1.165) is 0 Å². The fourth-order valence-corrected chi connectivity index (χ4v) is 2.61. The predicted molar refractivity (Wildman–Crippen MR) is 72.1 cm³/mol. The summed E-state index contributed by atoms with van der Waals surface area (Å²) in [6, 6.07) is 3.73. The van der Waals surface area contributed by atoms with Crippen LogP contribution in [0.15, 0.2) is 18.2 Å². The van der Waals surface area contributed by atoms with Crippen molar-refractivity contribution in [3.05, 3.63) is 34.9 Å². The number of carbonyl (C=O) groups excluding carboxylic acids is 2. The number of phenols is 2. The number of carbonyl (C=O) groups is 3. The van der Waals surface area contributed by atoms with Crippen LogP contribution in [0.1, 0.15) is 43.9 Å². The number of benzene rings is 2. The van der Waals surface area contributed by atoms with Crippen molar-refractivity contribution in [3.63, 3.8) is 0 Å². The number of Topliss-reactive ketones (excluding diaryl/α,β-unsaturated/α-hetero) is 2. The van der Waals surface area contributed by atoms with Gasteiger partial charge in [-0.1, -0.05) is 0 Å². The molecule has 0 saturated carbocycles. The first-order valence-corrected chi connectivity index (χ1v) is 6.23. The molecule has 6 heteroatoms. The van der Waals surface area contributed by atoms with Gasteiger partial charge in [0.2, 0.25) is 0 Å². The summed E-state index contributed by atoms with van der Waals surface area (Å²) in [7, 11) is 0. The number of hydrogen-bond acceptors (Lipinski definition) is 5. The summed E-state index contributed by atoms with van der Waals surface area (Å²) in [4.78, 5) is 34.8. The predicted octanol–water partition coefficient (Wildman–Crippen LogP) is 2.11. The van der Waals surface area contributed by atoms with Crippen molar-refractivity contribution in [1.29, 1.82) is 0 Å². The number of fused-ring (bicyclic) bond motifs is 2. The number of rotatable bonds is 1. The highest BCUT2D eigenvalue weighted by molar-refractivity contribution is 6.21. The van der Waals surface area contributed by atoms with Gasteiger partial charge in [-0.2, -0.15) is 0 Å². The third kappa shape index (κ3) is 1.76. The van der Waals surface area contributed by atoms with E-state index in [1.165, 1.54) is 18.2 Å². The number of ketones is 2. The molecule has 0 amide bonds. The van der Waals surface area contributed by atoms with Crippen LogP contribution in [0.4, 0.5) is 0 Å². The minimum atomic E-state index is -1.20. The lowest BCUT2D eigenvalue weighted by atomic mass is 9.85. The molecule has 0 unspecified atom stereocenters. The van der Waals surface area contributed by atoms with Gasteiger partial charge in [-0.3, -0.25) is 9.59 Å². The van der Waals surface area contributed by atoms with E-state index < -0.39 is 29.0 Å². The third-order valence-corrected chi connectivity index (χ3v) is 3.64. The smallest absolute Gasteiger partial charge is 0.335 e. The molecule has 1 aliphatic rings. The van der Waals surface area contributed by atoms with Crippen molar-refractivity contribution in [2.24, 2.45) is 0 Å². The minimum Gasteiger partial charge on any atom is -0.507 e. The summed E-state index contributed by atoms with van der Waals surface area (Å²) < 4.78 is 0. The molecule has 0 atom stereocenters. The number of phenolic OH excluding ortho intramolecular Hbond substituents is 2. The maximum Gasteiger partial charge on any atom is 0.335 e. The van der Waals surface area contributed by atoms with Gasteiger partial charge in [-0.25, -0.2) is 4.79 Å². The Hall–Kier alpha value is -2.89. The molecule has 21 heavy (non-hydrogen) atoms. The van der Waals surface area contributed by atoms with Gasteiger partial charge in [0.15, 0.2) is 11.6 Å². The Morgan fingerprint density at radius 1 is 0.905 bits per heavy atom. The Morgan fingerprint density at radius 2 is 1.43 bits per heavy atom. The van der Waals surface area contributed by atoms with E-state index in [0.29, 0.717) is 0 Å². The Balaban J connectivity index is 2.47. The number of aromatic hydroxyl groups is 2. The van der Waals surface area contributed by atoms with Crippen LogP contribution in [0.5, 0.6) is 11.5 Å². The van der Waals surface area contributed by atoms with Crippen LogP contribution >= 0.6 is 0 Å². The van der Waals surface area contributed by atoms with Gasteiger partial charge in [0.05, 0.1) is 16.7 Å². The molecule has 106 valence electrons. The molecular formula is C15H10O6. The molecule has 0 saturated heterocycles. The largest absolute Gasteiger partial charge is 0.507 e. The van der Waals surface area contributed by atoms with Crippen molar-refractivity contribution in [2.45, 2.75) is 12.8 Å². The highest BCUT2D eigenvalue weighted by Crippen LogP contribution is 2.43. The average Bonchev–Trinajstić information content (AvgIpc) is 2.46. The fourth-order valence-electron chi connectivity index (χ4n) is 2.61. The van der Waals surface area contributed by atoms with Crippen molar-refractivity contribution in [3.8, 4) is 11.5 Å². The molecule has 6 nitrogen and oxygen atoms in total. The summed E-state index contributed by atoms with van der Waals surface area (Å²) in [6.07, 6.45) is -0.0550. The van der Waals surface area contributed by atoms with E-state index >= 15 is 0 Å². The molecule has 0 aliphatic heterocycles. The van der Waals surface area contributed by atoms with E-state index in [9.17, 15) is 24.6 Å². The molecule has 2 aromatic carbocycles. The van der Waals surface area contributed by atoms with Crippen LogP contribution in [0, 0.1) is 0 Å². The number of carboxylic acid groups (broad SMARTS) is 1. The Morgan fingerprint density at radius 3 is 1.95 bits per heavy atom. The molecule has 0 fully saturated rings. The summed E-state index contributed by atoms with van der Waals surface area (Å²) >= 11 is 0. The lowest BCUT2D eigenvalue weighted by Crippen LogP contribution is -2.17. The second-order valence-corrected chi connectivity index (χ2v) is 4.86. The highest BCUT2D eigenvalue weighted by Gasteiger charge is 2.32. The van der Waals surface area contributed by atoms with E-state index in [4.69, 9.17) is 5.11 Å². The molecule has 3 rings (SSSR count). The summed E-state index contributed by atoms with van der Waals surface area (Å²) in [5.41, 5.74) is -0.496. The van der Waals surface area contributed by atoms with E-state index in [1.54, 1.807) is 0 Å². The minimum absolute atomic E-state index is 0.0163. The number of hydrogen-bond donors (Lipinski definition) is 3. The first-order chi connectivity index (χ1) is 9.91. The SMILES string of the molecule is O=C(O)c1ccc2c(O)c3c(c(O)c2c1)C(=O)CCC3=O. The summed E-state index contributed by atoms with van der Waals surface area (Å²) in [5, 5.41) is 29.6. The van der Waals surface area contributed by atoms with Gasteiger partial charge in [-0.05, 0) is 18.2 Å². The highest BCUT2D eigenvalue weighted by atomic mass is 16.4. The van der Waals surface area contributed by atoms with Crippen molar-refractivity contribution in [2.75, 3.05) is 0 Å². The van der Waals surface area contributed by atoms with Crippen molar-refractivity contribution >= 4 is 28.3 Å². The summed E-state index contributed by atoms with van der Waals surface area (Å²) in [5.74, 6) is -2.91. The Labute approximate surface area is 118 Å². The molecule has 0 spiro atoms. The lowest BCUT2D eigenvalue weighted by Gasteiger charge is -2.18. The van der Waals surface area contributed by atoms with Crippen LogP contribution in [-0.2, 0) is 0 Å². The van der Waals surface area contributed by atoms with E-state index in [2.05, 4.69) is 0 Å². The fraction of sp³-hybridized carbons (Fsp3) is 0.133. The first-order valence-electron chi connectivity index (χ1n) is 6.23. The lowest BCUT2D eigenvalue weighted by molar-refractivity contribution is 0.0696. The van der Waals surface area contributed by atoms with Crippen LogP contribution in [0.25, 0.3) is 10.8 Å². The zero-order valence-electron chi connectivity index (χ0n) is 10.7. The van der Waals surface area contributed by atoms with Gasteiger partial charge < -0.3 is 15.3 Å². The van der Waals surface area contributed by atoms with Crippen LogP contribution < -0.4 is 0 Å². The zero-order chi connectivity index (χ0) is 15.3. The topological polar surface area (TPSA) is 112 Å². The number of carboxylic acids is 1. The van der Waals surface area contributed by atoms with E-state index in [1.807, 2.05) is 0 Å². The van der Waals surface area contributed by atoms with Gasteiger partial charge in [0, 0.05) is 23.6 Å². The monoisotopic (exact) mass is 286 g/mol. The molecule has 1 aliphatic carbocycles. The zero-order valence-corrected chi connectivity index (χ0v) is 10.7. The normalized spacial score (nSPS) is 14.3. The molecule has 2 aromatic rings. The van der Waals surface area contributed by atoms with Crippen molar-refractivity contribution in [1.82, 2.24) is 0 Å². The van der Waals surface area contributed by atoms with E-state index in [-0.39, 0.29) is 40.3 Å². The van der Waals surface area contributed by atoms with Crippen LogP contribution in [0.3, 0.4) is 0 Å². The Kier molecular flexibility index (Phi) is 2.69. The third-order valence-electron chi connectivity index (χ3n) is 3.64. The van der Waals surface area contributed by atoms with Crippen molar-refractivity contribution < 1.29 is 29.7 Å².